The summed E-state index contributed by atoms with van der Waals surface area (Å²) in [5.41, 5.74) is -1.36. The van der Waals surface area contributed by atoms with E-state index in [1.165, 1.54) is 13.2 Å². The van der Waals surface area contributed by atoms with Gasteiger partial charge in [-0.3, -0.25) is 9.48 Å². The molecule has 6 nitrogen and oxygen atoms in total. The van der Waals surface area contributed by atoms with Crippen LogP contribution >= 0.6 is 0 Å². The number of carbonyl (C=O) groups excluding carboxylic acids is 1. The third-order valence-electron chi connectivity index (χ3n) is 2.75. The number of carbonyl (C=O) groups is 2. The van der Waals surface area contributed by atoms with Gasteiger partial charge in [-0.25, -0.2) is 4.79 Å². The molecule has 0 spiro atoms. The molecule has 0 aliphatic rings. The van der Waals surface area contributed by atoms with Crippen molar-refractivity contribution in [3.8, 4) is 0 Å². The molecule has 116 valence electrons. The predicted molar refractivity (Wildman–Crippen MR) is 69.6 cm³/mol. The van der Waals surface area contributed by atoms with E-state index in [0.717, 1.165) is 28.9 Å². The van der Waals surface area contributed by atoms with Crippen LogP contribution in [0.2, 0.25) is 0 Å². The number of nitrogens with one attached hydrogen (secondary N) is 1. The van der Waals surface area contributed by atoms with Gasteiger partial charge in [0.15, 0.2) is 5.69 Å². The molecule has 1 aromatic heterocycles. The Hall–Kier alpha value is -2.84. The highest BCUT2D eigenvalue weighted by atomic mass is 19.4. The molecule has 9 heteroatoms. The van der Waals surface area contributed by atoms with Gasteiger partial charge in [0.2, 0.25) is 0 Å². The van der Waals surface area contributed by atoms with E-state index in [-0.39, 0.29) is 11.3 Å². The fourth-order valence-electron chi connectivity index (χ4n) is 1.75. The highest BCUT2D eigenvalue weighted by Crippen LogP contribution is 2.29. The van der Waals surface area contributed by atoms with Crippen LogP contribution in [0.3, 0.4) is 0 Å². The number of hydrogen-bond donors (Lipinski definition) is 2. The van der Waals surface area contributed by atoms with Gasteiger partial charge in [0.25, 0.3) is 5.91 Å². The standard InChI is InChI=1S/C13H10F3N3O3/c1-19-6-9(10(18-19)12(21)22)11(20)17-8-4-2-7(3-5-8)13(14,15)16/h2-6H,1H3,(H,17,20)(H,21,22). The quantitative estimate of drug-likeness (QED) is 0.911. The zero-order chi connectivity index (χ0) is 16.5. The minimum Gasteiger partial charge on any atom is -0.476 e. The Labute approximate surface area is 122 Å². The highest BCUT2D eigenvalue weighted by Gasteiger charge is 2.30. The molecule has 0 unspecified atom stereocenters. The Morgan fingerprint density at radius 1 is 1.23 bits per heavy atom. The highest BCUT2D eigenvalue weighted by molar-refractivity contribution is 6.09. The summed E-state index contributed by atoms with van der Waals surface area (Å²) < 4.78 is 38.4. The van der Waals surface area contributed by atoms with Crippen molar-refractivity contribution in [3.05, 3.63) is 47.3 Å². The first-order valence-electron chi connectivity index (χ1n) is 5.94. The zero-order valence-electron chi connectivity index (χ0n) is 11.2. The first-order valence-corrected chi connectivity index (χ1v) is 5.94. The second-order valence-electron chi connectivity index (χ2n) is 4.40. The van der Waals surface area contributed by atoms with Crippen LogP contribution in [0, 0.1) is 0 Å². The number of aryl methyl sites for hydroxylation is 1. The van der Waals surface area contributed by atoms with E-state index in [1.807, 2.05) is 0 Å². The number of aromatic carboxylic acids is 1. The molecule has 0 aliphatic carbocycles. The molecular weight excluding hydrogens is 303 g/mol. The summed E-state index contributed by atoms with van der Waals surface area (Å²) >= 11 is 0. The van der Waals surface area contributed by atoms with E-state index >= 15 is 0 Å². The maximum absolute atomic E-state index is 12.4. The number of nitrogens with zero attached hydrogens (tertiary/aromatic N) is 2. The second-order valence-corrected chi connectivity index (χ2v) is 4.40. The first-order chi connectivity index (χ1) is 10.2. The van der Waals surface area contributed by atoms with E-state index in [1.54, 1.807) is 0 Å². The summed E-state index contributed by atoms with van der Waals surface area (Å²) in [5.74, 6) is -2.15. The summed E-state index contributed by atoms with van der Waals surface area (Å²) in [6.45, 7) is 0. The van der Waals surface area contributed by atoms with Gasteiger partial charge < -0.3 is 10.4 Å². The maximum atomic E-state index is 12.4. The van der Waals surface area contributed by atoms with Crippen molar-refractivity contribution in [1.29, 1.82) is 0 Å². The van der Waals surface area contributed by atoms with Crippen LogP contribution in [0.4, 0.5) is 18.9 Å². The molecule has 0 saturated heterocycles. The molecule has 22 heavy (non-hydrogen) atoms. The van der Waals surface area contributed by atoms with E-state index < -0.39 is 29.3 Å². The zero-order valence-corrected chi connectivity index (χ0v) is 11.2. The van der Waals surface area contributed by atoms with Crippen LogP contribution in [0.1, 0.15) is 26.4 Å². The van der Waals surface area contributed by atoms with Crippen LogP contribution in [-0.2, 0) is 13.2 Å². The number of aromatic nitrogens is 2. The lowest BCUT2D eigenvalue weighted by Crippen LogP contribution is -2.15. The summed E-state index contributed by atoms with van der Waals surface area (Å²) in [6.07, 6.45) is -3.26. The Morgan fingerprint density at radius 2 is 1.82 bits per heavy atom. The number of hydrogen-bond acceptors (Lipinski definition) is 3. The molecular formula is C13H10F3N3O3. The van der Waals surface area contributed by atoms with Gasteiger partial charge in [-0.2, -0.15) is 18.3 Å². The molecule has 0 aliphatic heterocycles. The molecule has 1 aromatic carbocycles. The minimum atomic E-state index is -4.47. The summed E-state index contributed by atoms with van der Waals surface area (Å²) in [6, 6.07) is 3.79. The topological polar surface area (TPSA) is 84.2 Å². The molecule has 0 fully saturated rings. The lowest BCUT2D eigenvalue weighted by Gasteiger charge is -2.08. The molecule has 2 aromatic rings. The fourth-order valence-corrected chi connectivity index (χ4v) is 1.75. The molecule has 1 amide bonds. The number of benzene rings is 1. The molecule has 0 atom stereocenters. The van der Waals surface area contributed by atoms with Gasteiger partial charge >= 0.3 is 12.1 Å². The predicted octanol–water partition coefficient (Wildman–Crippen LogP) is 2.39. The monoisotopic (exact) mass is 313 g/mol. The van der Waals surface area contributed by atoms with Gasteiger partial charge in [0, 0.05) is 18.9 Å². The average Bonchev–Trinajstić information content (AvgIpc) is 2.81. The SMILES string of the molecule is Cn1cc(C(=O)Nc2ccc(C(F)(F)F)cc2)c(C(=O)O)n1. The third kappa shape index (κ3) is 3.25. The molecule has 1 heterocycles. The maximum Gasteiger partial charge on any atom is 0.416 e. The number of rotatable bonds is 3. The molecule has 2 N–H and O–H groups in total. The van der Waals surface area contributed by atoms with Crippen LogP contribution in [0.5, 0.6) is 0 Å². The van der Waals surface area contributed by atoms with E-state index in [4.69, 9.17) is 5.11 Å². The lowest BCUT2D eigenvalue weighted by atomic mass is 10.2. The number of anilines is 1. The number of carboxylic acids is 1. The molecule has 0 radical (unpaired) electrons. The van der Waals surface area contributed by atoms with Gasteiger partial charge in [0.1, 0.15) is 0 Å². The molecule has 2 rings (SSSR count). The average molecular weight is 313 g/mol. The molecule has 0 bridgehead atoms. The van der Waals surface area contributed by atoms with E-state index in [0.29, 0.717) is 0 Å². The van der Waals surface area contributed by atoms with Gasteiger partial charge in [-0.1, -0.05) is 0 Å². The molecule has 0 saturated carbocycles. The van der Waals surface area contributed by atoms with E-state index in [2.05, 4.69) is 10.4 Å². The largest absolute Gasteiger partial charge is 0.476 e. The summed E-state index contributed by atoms with van der Waals surface area (Å²) in [5, 5.41) is 14.9. The fraction of sp³-hybridized carbons (Fsp3) is 0.154. The van der Waals surface area contributed by atoms with Gasteiger partial charge in [0.05, 0.1) is 11.1 Å². The minimum absolute atomic E-state index is 0.109. The van der Waals surface area contributed by atoms with Crippen molar-refractivity contribution < 1.29 is 27.9 Å². The van der Waals surface area contributed by atoms with Crippen LogP contribution in [0.25, 0.3) is 0 Å². The third-order valence-corrected chi connectivity index (χ3v) is 2.75. The van der Waals surface area contributed by atoms with Crippen molar-refractivity contribution in [3.63, 3.8) is 0 Å². The lowest BCUT2D eigenvalue weighted by molar-refractivity contribution is -0.137. The normalized spacial score (nSPS) is 11.3. The number of alkyl halides is 3. The Balaban J connectivity index is 2.21. The van der Waals surface area contributed by atoms with Crippen LogP contribution < -0.4 is 5.32 Å². The number of amides is 1. The van der Waals surface area contributed by atoms with Gasteiger partial charge in [-0.05, 0) is 24.3 Å². The summed E-state index contributed by atoms with van der Waals surface area (Å²) in [7, 11) is 1.45. The summed E-state index contributed by atoms with van der Waals surface area (Å²) in [4.78, 5) is 23.0. The van der Waals surface area contributed by atoms with Crippen molar-refractivity contribution in [2.45, 2.75) is 6.18 Å². The van der Waals surface area contributed by atoms with Crippen molar-refractivity contribution in [2.24, 2.45) is 7.05 Å². The van der Waals surface area contributed by atoms with Crippen molar-refractivity contribution in [1.82, 2.24) is 9.78 Å². The Kier molecular flexibility index (Phi) is 3.89. The van der Waals surface area contributed by atoms with Crippen LogP contribution in [0.15, 0.2) is 30.5 Å². The van der Waals surface area contributed by atoms with Crippen molar-refractivity contribution >= 4 is 17.6 Å². The Morgan fingerprint density at radius 3 is 2.32 bits per heavy atom. The van der Waals surface area contributed by atoms with Gasteiger partial charge in [-0.15, -0.1) is 0 Å². The second kappa shape index (κ2) is 5.51. The number of carboxylic acid groups (broad SMARTS) is 1. The van der Waals surface area contributed by atoms with Crippen molar-refractivity contribution in [2.75, 3.05) is 5.32 Å². The first kappa shape index (κ1) is 15.5. The van der Waals surface area contributed by atoms with Crippen LogP contribution in [-0.4, -0.2) is 26.8 Å². The van der Waals surface area contributed by atoms with E-state index in [9.17, 15) is 22.8 Å². The smallest absolute Gasteiger partial charge is 0.416 e. The number of halogens is 3. The Bertz CT molecular complexity index is 720.